The lowest BCUT2D eigenvalue weighted by Gasteiger charge is -2.22. The van der Waals surface area contributed by atoms with Crippen LogP contribution in [0.3, 0.4) is 0 Å². The molecule has 3 heteroatoms. The van der Waals surface area contributed by atoms with Gasteiger partial charge in [0.1, 0.15) is 0 Å². The molecule has 2 aliphatic carbocycles. The Morgan fingerprint density at radius 2 is 1.94 bits per heavy atom. The fourth-order valence-electron chi connectivity index (χ4n) is 3.03. The van der Waals surface area contributed by atoms with E-state index in [4.69, 9.17) is 0 Å². The molecular weight excluding hydrogens is 212 g/mol. The van der Waals surface area contributed by atoms with Crippen LogP contribution in [0.4, 0.5) is 0 Å². The van der Waals surface area contributed by atoms with Crippen LogP contribution in [-0.2, 0) is 4.79 Å². The van der Waals surface area contributed by atoms with Crippen LogP contribution in [0, 0.1) is 11.3 Å². The SMILES string of the molecule is CNCC1(C(=O)NCCC2CCCCC2)CC1. The van der Waals surface area contributed by atoms with Gasteiger partial charge in [-0.25, -0.2) is 0 Å². The number of hydrogen-bond acceptors (Lipinski definition) is 2. The second-order valence-electron chi connectivity index (χ2n) is 5.86. The number of rotatable bonds is 6. The molecule has 3 nitrogen and oxygen atoms in total. The summed E-state index contributed by atoms with van der Waals surface area (Å²) in [7, 11) is 1.93. The monoisotopic (exact) mass is 238 g/mol. The first-order valence-corrected chi connectivity index (χ1v) is 7.20. The minimum absolute atomic E-state index is 0.0543. The highest BCUT2D eigenvalue weighted by molar-refractivity contribution is 5.85. The molecule has 2 aliphatic rings. The van der Waals surface area contributed by atoms with Crippen LogP contribution in [0.25, 0.3) is 0 Å². The highest BCUT2D eigenvalue weighted by atomic mass is 16.2. The summed E-state index contributed by atoms with van der Waals surface area (Å²) in [4.78, 5) is 12.0. The Balaban J connectivity index is 1.63. The molecule has 0 spiro atoms. The van der Waals surface area contributed by atoms with Gasteiger partial charge >= 0.3 is 0 Å². The van der Waals surface area contributed by atoms with Gasteiger partial charge in [-0.15, -0.1) is 0 Å². The maximum absolute atomic E-state index is 12.0. The van der Waals surface area contributed by atoms with Crippen LogP contribution < -0.4 is 10.6 Å². The summed E-state index contributed by atoms with van der Waals surface area (Å²) in [5.74, 6) is 1.14. The van der Waals surface area contributed by atoms with Crippen molar-refractivity contribution in [3.63, 3.8) is 0 Å². The fraction of sp³-hybridized carbons (Fsp3) is 0.929. The third-order valence-corrected chi connectivity index (χ3v) is 4.41. The van der Waals surface area contributed by atoms with Gasteiger partial charge in [-0.1, -0.05) is 32.1 Å². The Morgan fingerprint density at radius 3 is 2.53 bits per heavy atom. The Labute approximate surface area is 105 Å². The predicted molar refractivity (Wildman–Crippen MR) is 69.8 cm³/mol. The number of amides is 1. The van der Waals surface area contributed by atoms with E-state index in [2.05, 4.69) is 10.6 Å². The van der Waals surface area contributed by atoms with Crippen LogP contribution in [0.2, 0.25) is 0 Å². The average molecular weight is 238 g/mol. The highest BCUT2D eigenvalue weighted by Crippen LogP contribution is 2.45. The molecule has 0 heterocycles. The molecule has 0 aromatic rings. The van der Waals surface area contributed by atoms with E-state index in [0.29, 0.717) is 0 Å². The lowest BCUT2D eigenvalue weighted by molar-refractivity contribution is -0.126. The Kier molecular flexibility index (Phi) is 4.43. The molecule has 1 amide bonds. The molecule has 2 saturated carbocycles. The molecule has 98 valence electrons. The molecule has 2 fully saturated rings. The third kappa shape index (κ3) is 3.44. The Morgan fingerprint density at radius 1 is 1.24 bits per heavy atom. The number of hydrogen-bond donors (Lipinski definition) is 2. The van der Waals surface area contributed by atoms with Crippen molar-refractivity contribution in [2.75, 3.05) is 20.1 Å². The van der Waals surface area contributed by atoms with Crippen LogP contribution in [0.15, 0.2) is 0 Å². The molecule has 0 radical (unpaired) electrons. The number of nitrogens with one attached hydrogen (secondary N) is 2. The van der Waals surface area contributed by atoms with Crippen molar-refractivity contribution in [3.8, 4) is 0 Å². The lowest BCUT2D eigenvalue weighted by Crippen LogP contribution is -2.38. The van der Waals surface area contributed by atoms with E-state index in [-0.39, 0.29) is 11.3 Å². The molecule has 0 aromatic heterocycles. The van der Waals surface area contributed by atoms with Crippen LogP contribution in [0.5, 0.6) is 0 Å². The second kappa shape index (κ2) is 5.85. The van der Waals surface area contributed by atoms with E-state index in [1.807, 2.05) is 7.05 Å². The minimum Gasteiger partial charge on any atom is -0.356 e. The minimum atomic E-state index is -0.0543. The maximum atomic E-state index is 12.0. The summed E-state index contributed by atoms with van der Waals surface area (Å²) in [6.07, 6.45) is 10.2. The first-order chi connectivity index (χ1) is 8.27. The average Bonchev–Trinajstić information content (AvgIpc) is 3.12. The topological polar surface area (TPSA) is 41.1 Å². The fourth-order valence-corrected chi connectivity index (χ4v) is 3.03. The molecular formula is C14H26N2O. The first-order valence-electron chi connectivity index (χ1n) is 7.20. The lowest BCUT2D eigenvalue weighted by atomic mass is 9.87. The third-order valence-electron chi connectivity index (χ3n) is 4.41. The Hall–Kier alpha value is -0.570. The van der Waals surface area contributed by atoms with Gasteiger partial charge in [-0.05, 0) is 32.2 Å². The second-order valence-corrected chi connectivity index (χ2v) is 5.86. The van der Waals surface area contributed by atoms with Crippen molar-refractivity contribution in [1.82, 2.24) is 10.6 Å². The number of carbonyl (C=O) groups excluding carboxylic acids is 1. The van der Waals surface area contributed by atoms with E-state index in [0.717, 1.165) is 31.8 Å². The van der Waals surface area contributed by atoms with Gasteiger partial charge in [0.2, 0.25) is 5.91 Å². The predicted octanol–water partition coefficient (Wildman–Crippen LogP) is 2.07. The highest BCUT2D eigenvalue weighted by Gasteiger charge is 2.48. The van der Waals surface area contributed by atoms with Crippen molar-refractivity contribution in [3.05, 3.63) is 0 Å². The van der Waals surface area contributed by atoms with Crippen molar-refractivity contribution in [2.45, 2.75) is 51.4 Å². The van der Waals surface area contributed by atoms with Crippen molar-refractivity contribution < 1.29 is 4.79 Å². The van der Waals surface area contributed by atoms with E-state index in [1.165, 1.54) is 38.5 Å². The smallest absolute Gasteiger partial charge is 0.227 e. The van der Waals surface area contributed by atoms with E-state index in [9.17, 15) is 4.79 Å². The molecule has 2 rings (SSSR count). The zero-order chi connectivity index (χ0) is 12.1. The van der Waals surface area contributed by atoms with Crippen LogP contribution in [-0.4, -0.2) is 26.0 Å². The first kappa shape index (κ1) is 12.9. The van der Waals surface area contributed by atoms with Gasteiger partial charge < -0.3 is 10.6 Å². The van der Waals surface area contributed by atoms with Gasteiger partial charge in [-0.2, -0.15) is 0 Å². The van der Waals surface area contributed by atoms with Gasteiger partial charge in [0.05, 0.1) is 5.41 Å². The summed E-state index contributed by atoms with van der Waals surface area (Å²) in [5, 5.41) is 6.27. The molecule has 0 aromatic carbocycles. The molecule has 17 heavy (non-hydrogen) atoms. The zero-order valence-corrected chi connectivity index (χ0v) is 11.1. The Bertz CT molecular complexity index is 255. The largest absolute Gasteiger partial charge is 0.356 e. The van der Waals surface area contributed by atoms with Crippen LogP contribution >= 0.6 is 0 Å². The zero-order valence-electron chi connectivity index (χ0n) is 11.1. The molecule has 0 atom stereocenters. The number of carbonyl (C=O) groups is 1. The quantitative estimate of drug-likeness (QED) is 0.744. The summed E-state index contributed by atoms with van der Waals surface area (Å²) >= 11 is 0. The molecule has 0 unspecified atom stereocenters. The van der Waals surface area contributed by atoms with Crippen molar-refractivity contribution in [1.29, 1.82) is 0 Å². The summed E-state index contributed by atoms with van der Waals surface area (Å²) in [6.45, 7) is 1.72. The maximum Gasteiger partial charge on any atom is 0.227 e. The van der Waals surface area contributed by atoms with E-state index in [1.54, 1.807) is 0 Å². The summed E-state index contributed by atoms with van der Waals surface area (Å²) in [6, 6.07) is 0. The van der Waals surface area contributed by atoms with Crippen molar-refractivity contribution in [2.24, 2.45) is 11.3 Å². The molecule has 0 bridgehead atoms. The van der Waals surface area contributed by atoms with E-state index < -0.39 is 0 Å². The normalized spacial score (nSPS) is 23.4. The van der Waals surface area contributed by atoms with Crippen molar-refractivity contribution >= 4 is 5.91 Å². The van der Waals surface area contributed by atoms with Crippen LogP contribution in [0.1, 0.15) is 51.4 Å². The summed E-state index contributed by atoms with van der Waals surface area (Å²) < 4.78 is 0. The van der Waals surface area contributed by atoms with E-state index >= 15 is 0 Å². The standard InChI is InChI=1S/C14H26N2O/c1-15-11-14(8-9-14)13(17)16-10-7-12-5-3-2-4-6-12/h12,15H,2-11H2,1H3,(H,16,17). The summed E-state index contributed by atoms with van der Waals surface area (Å²) in [5.41, 5.74) is -0.0543. The molecule has 0 saturated heterocycles. The molecule has 0 aliphatic heterocycles. The molecule has 2 N–H and O–H groups in total. The van der Waals surface area contributed by atoms with Gasteiger partial charge in [0.15, 0.2) is 0 Å². The van der Waals surface area contributed by atoms with Gasteiger partial charge in [0, 0.05) is 13.1 Å². The van der Waals surface area contributed by atoms with Gasteiger partial charge in [-0.3, -0.25) is 4.79 Å². The van der Waals surface area contributed by atoms with Gasteiger partial charge in [0.25, 0.3) is 0 Å².